The van der Waals surface area contributed by atoms with Gasteiger partial charge in [-0.1, -0.05) is 26.0 Å². The van der Waals surface area contributed by atoms with Crippen molar-refractivity contribution in [3.8, 4) is 6.07 Å². The largest absolute Gasteiger partial charge is 0.416 e. The number of carbonyl (C=O) groups excluding carboxylic acids is 3. The van der Waals surface area contributed by atoms with E-state index in [4.69, 9.17) is 0 Å². The van der Waals surface area contributed by atoms with Crippen molar-refractivity contribution in [2.75, 3.05) is 6.54 Å². The van der Waals surface area contributed by atoms with E-state index in [9.17, 15) is 32.8 Å². The summed E-state index contributed by atoms with van der Waals surface area (Å²) in [6.07, 6.45) is -3.36. The summed E-state index contributed by atoms with van der Waals surface area (Å²) in [5.41, 5.74) is -0.325. The van der Waals surface area contributed by atoms with Crippen LogP contribution < -0.4 is 21.3 Å². The second kappa shape index (κ2) is 11.5. The van der Waals surface area contributed by atoms with Gasteiger partial charge in [0.1, 0.15) is 12.1 Å². The Balaban J connectivity index is 1.92. The smallest absolute Gasteiger partial charge is 0.356 e. The molecule has 0 bridgehead atoms. The number of rotatable bonds is 9. The highest BCUT2D eigenvalue weighted by Gasteiger charge is 2.31. The lowest BCUT2D eigenvalue weighted by Crippen LogP contribution is -2.52. The van der Waals surface area contributed by atoms with Crippen LogP contribution in [0.1, 0.15) is 44.2 Å². The molecule has 11 heteroatoms. The predicted molar refractivity (Wildman–Crippen MR) is 113 cm³/mol. The number of hydrogen-bond acceptors (Lipinski definition) is 4. The van der Waals surface area contributed by atoms with Gasteiger partial charge >= 0.3 is 12.2 Å². The van der Waals surface area contributed by atoms with Crippen molar-refractivity contribution in [3.63, 3.8) is 0 Å². The maximum Gasteiger partial charge on any atom is 0.416 e. The lowest BCUT2D eigenvalue weighted by Gasteiger charge is -2.22. The summed E-state index contributed by atoms with van der Waals surface area (Å²) in [5, 5.41) is 19.7. The minimum absolute atomic E-state index is 0.0302. The Morgan fingerprint density at radius 3 is 2.39 bits per heavy atom. The fourth-order valence-electron chi connectivity index (χ4n) is 3.48. The maximum atomic E-state index is 12.7. The second-order valence-corrected chi connectivity index (χ2v) is 8.41. The van der Waals surface area contributed by atoms with Gasteiger partial charge in [0.15, 0.2) is 0 Å². The van der Waals surface area contributed by atoms with Crippen molar-refractivity contribution in [1.82, 2.24) is 21.3 Å². The number of hydrogen-bond donors (Lipinski definition) is 4. The lowest BCUT2D eigenvalue weighted by molar-refractivity contribution is -0.137. The van der Waals surface area contributed by atoms with Crippen molar-refractivity contribution >= 4 is 17.8 Å². The SMILES string of the molecule is CC(C)C[C@H](NC(=O)NCc1ccc(C(F)(F)F)cc1)C(=O)N[C@H](C#N)C[C@@H]1CCNC1=O. The van der Waals surface area contributed by atoms with E-state index >= 15 is 0 Å². The summed E-state index contributed by atoms with van der Waals surface area (Å²) in [7, 11) is 0. The average molecular weight is 467 g/mol. The highest BCUT2D eigenvalue weighted by atomic mass is 19.4. The molecule has 1 aliphatic heterocycles. The van der Waals surface area contributed by atoms with E-state index in [0.29, 0.717) is 24.9 Å². The first kappa shape index (κ1) is 26.0. The van der Waals surface area contributed by atoms with Crippen LogP contribution in [0.3, 0.4) is 0 Å². The molecule has 180 valence electrons. The summed E-state index contributed by atoms with van der Waals surface area (Å²) in [4.78, 5) is 36.8. The predicted octanol–water partition coefficient (Wildman–Crippen LogP) is 2.45. The third-order valence-corrected chi connectivity index (χ3v) is 5.22. The summed E-state index contributed by atoms with van der Waals surface area (Å²) < 4.78 is 37.9. The van der Waals surface area contributed by atoms with E-state index < -0.39 is 35.8 Å². The van der Waals surface area contributed by atoms with Crippen LogP contribution in [-0.4, -0.2) is 36.5 Å². The molecule has 0 saturated carbocycles. The van der Waals surface area contributed by atoms with Crippen molar-refractivity contribution in [2.45, 2.75) is 57.9 Å². The fourth-order valence-corrected chi connectivity index (χ4v) is 3.48. The maximum absolute atomic E-state index is 12.7. The monoisotopic (exact) mass is 467 g/mol. The molecular formula is C22H28F3N5O3. The second-order valence-electron chi connectivity index (χ2n) is 8.41. The Labute approximate surface area is 190 Å². The van der Waals surface area contributed by atoms with E-state index in [1.165, 1.54) is 12.1 Å². The summed E-state index contributed by atoms with van der Waals surface area (Å²) in [6, 6.07) is 3.89. The van der Waals surface area contributed by atoms with Gasteiger partial charge in [0.25, 0.3) is 0 Å². The Morgan fingerprint density at radius 1 is 1.21 bits per heavy atom. The molecule has 3 atom stereocenters. The van der Waals surface area contributed by atoms with Gasteiger partial charge in [-0.25, -0.2) is 4.79 Å². The normalized spacial score (nSPS) is 17.6. The van der Waals surface area contributed by atoms with Gasteiger partial charge in [-0.15, -0.1) is 0 Å². The lowest BCUT2D eigenvalue weighted by atomic mass is 9.98. The molecule has 0 aromatic heterocycles. The van der Waals surface area contributed by atoms with Crippen LogP contribution in [0.2, 0.25) is 0 Å². The molecule has 2 rings (SSSR count). The quantitative estimate of drug-likeness (QED) is 0.445. The van der Waals surface area contributed by atoms with Gasteiger partial charge in [0.2, 0.25) is 11.8 Å². The number of nitrogens with zero attached hydrogens (tertiary/aromatic N) is 1. The third-order valence-electron chi connectivity index (χ3n) is 5.22. The molecule has 1 aromatic rings. The van der Waals surface area contributed by atoms with Crippen LogP contribution in [0, 0.1) is 23.2 Å². The average Bonchev–Trinajstić information content (AvgIpc) is 3.14. The standard InChI is InChI=1S/C22H28F3N5O3/c1-13(2)9-18(20(32)29-17(11-26)10-15-7-8-27-19(15)31)30-21(33)28-12-14-3-5-16(6-4-14)22(23,24)25/h3-6,13,15,17-18H,7-10,12H2,1-2H3,(H,27,31)(H,29,32)(H2,28,30,33)/t15-,17-,18-/m0/s1. The zero-order valence-electron chi connectivity index (χ0n) is 18.5. The van der Waals surface area contributed by atoms with Gasteiger partial charge in [0.05, 0.1) is 11.6 Å². The van der Waals surface area contributed by atoms with Crippen LogP contribution >= 0.6 is 0 Å². The van der Waals surface area contributed by atoms with Crippen molar-refractivity contribution in [3.05, 3.63) is 35.4 Å². The van der Waals surface area contributed by atoms with Crippen molar-refractivity contribution in [2.24, 2.45) is 11.8 Å². The highest BCUT2D eigenvalue weighted by Crippen LogP contribution is 2.29. The molecule has 1 heterocycles. The highest BCUT2D eigenvalue weighted by molar-refractivity contribution is 5.87. The van der Waals surface area contributed by atoms with Crippen molar-refractivity contribution < 1.29 is 27.6 Å². The summed E-state index contributed by atoms with van der Waals surface area (Å²) in [5.74, 6) is -0.988. The van der Waals surface area contributed by atoms with E-state index in [0.717, 1.165) is 12.1 Å². The van der Waals surface area contributed by atoms with Crippen LogP contribution in [-0.2, 0) is 22.3 Å². The van der Waals surface area contributed by atoms with Crippen LogP contribution in [0.15, 0.2) is 24.3 Å². The number of urea groups is 1. The van der Waals surface area contributed by atoms with Gasteiger partial charge < -0.3 is 21.3 Å². The fraction of sp³-hybridized carbons (Fsp3) is 0.545. The minimum Gasteiger partial charge on any atom is -0.356 e. The van der Waals surface area contributed by atoms with Crippen LogP contribution in [0.25, 0.3) is 0 Å². The summed E-state index contributed by atoms with van der Waals surface area (Å²) in [6.45, 7) is 4.24. The molecule has 4 N–H and O–H groups in total. The summed E-state index contributed by atoms with van der Waals surface area (Å²) >= 11 is 0. The number of nitrogens with one attached hydrogen (secondary N) is 4. The molecule has 0 spiro atoms. The Bertz CT molecular complexity index is 881. The molecule has 8 nitrogen and oxygen atoms in total. The first-order valence-electron chi connectivity index (χ1n) is 10.7. The van der Waals surface area contributed by atoms with E-state index in [-0.39, 0.29) is 30.7 Å². The Kier molecular flexibility index (Phi) is 9.08. The van der Waals surface area contributed by atoms with Gasteiger partial charge in [0, 0.05) is 19.0 Å². The van der Waals surface area contributed by atoms with Gasteiger partial charge in [-0.3, -0.25) is 9.59 Å². The zero-order valence-corrected chi connectivity index (χ0v) is 18.5. The van der Waals surface area contributed by atoms with Gasteiger partial charge in [-0.2, -0.15) is 18.4 Å². The molecule has 0 radical (unpaired) electrons. The number of alkyl halides is 3. The Morgan fingerprint density at radius 2 is 1.88 bits per heavy atom. The van der Waals surface area contributed by atoms with Crippen LogP contribution in [0.5, 0.6) is 0 Å². The first-order chi connectivity index (χ1) is 15.5. The molecule has 4 amide bonds. The van der Waals surface area contributed by atoms with Crippen LogP contribution in [0.4, 0.5) is 18.0 Å². The molecule has 1 aliphatic rings. The van der Waals surface area contributed by atoms with E-state index in [2.05, 4.69) is 21.3 Å². The first-order valence-corrected chi connectivity index (χ1v) is 10.7. The van der Waals surface area contributed by atoms with Crippen molar-refractivity contribution in [1.29, 1.82) is 5.26 Å². The number of nitriles is 1. The Hall–Kier alpha value is -3.29. The van der Waals surface area contributed by atoms with E-state index in [1.54, 1.807) is 0 Å². The molecule has 1 aromatic carbocycles. The number of carbonyl (C=O) groups is 3. The number of amides is 4. The number of benzene rings is 1. The zero-order chi connectivity index (χ0) is 24.6. The molecule has 0 aliphatic carbocycles. The molecule has 0 unspecified atom stereocenters. The molecule has 33 heavy (non-hydrogen) atoms. The van der Waals surface area contributed by atoms with Gasteiger partial charge in [-0.05, 0) is 42.9 Å². The minimum atomic E-state index is -4.44. The molecule has 1 fully saturated rings. The molecule has 1 saturated heterocycles. The topological polar surface area (TPSA) is 123 Å². The number of halogens is 3. The van der Waals surface area contributed by atoms with E-state index in [1.807, 2.05) is 19.9 Å². The third kappa shape index (κ3) is 8.29. The molecular weight excluding hydrogens is 439 g/mol.